The summed E-state index contributed by atoms with van der Waals surface area (Å²) in [6.07, 6.45) is -1.28. The highest BCUT2D eigenvalue weighted by molar-refractivity contribution is 6.30. The zero-order chi connectivity index (χ0) is 23.1. The maximum Gasteiger partial charge on any atom is 0.329 e. The van der Waals surface area contributed by atoms with Crippen LogP contribution < -0.4 is 5.32 Å². The van der Waals surface area contributed by atoms with E-state index in [1.807, 2.05) is 0 Å². The monoisotopic (exact) mass is 453 g/mol. The summed E-state index contributed by atoms with van der Waals surface area (Å²) in [5, 5.41) is 3.39. The first-order valence-electron chi connectivity index (χ1n) is 9.94. The van der Waals surface area contributed by atoms with E-state index in [-0.39, 0.29) is 12.2 Å². The first-order valence-corrected chi connectivity index (χ1v) is 10.3. The molecular weight excluding hydrogens is 433 g/mol. The number of halogens is 2. The number of carbonyl (C=O) groups is 3. The molecule has 0 fully saturated rings. The molecule has 3 aromatic rings. The van der Waals surface area contributed by atoms with Gasteiger partial charge in [0.25, 0.3) is 0 Å². The molecule has 0 bridgehead atoms. The van der Waals surface area contributed by atoms with Crippen molar-refractivity contribution in [2.45, 2.75) is 25.5 Å². The molecule has 0 unspecified atom stereocenters. The molecule has 0 heterocycles. The Bertz CT molecular complexity index is 1090. The van der Waals surface area contributed by atoms with E-state index in [4.69, 9.17) is 16.3 Å². The fraction of sp³-hybridized carbons (Fsp3) is 0.160. The lowest BCUT2D eigenvalue weighted by Gasteiger charge is -2.21. The largest absolute Gasteiger partial charge is 0.453 e. The van der Waals surface area contributed by atoms with Gasteiger partial charge < -0.3 is 10.1 Å². The molecule has 0 aliphatic heterocycles. The number of benzene rings is 3. The molecule has 0 aromatic heterocycles. The van der Waals surface area contributed by atoms with Crippen LogP contribution in [0.25, 0.3) is 0 Å². The summed E-state index contributed by atoms with van der Waals surface area (Å²) in [6, 6.07) is 19.0. The third-order valence-corrected chi connectivity index (χ3v) is 5.00. The number of Topliss-reactive ketones (excluding diaryl/α,β-unsaturated/α-hetero) is 2. The maximum absolute atomic E-state index is 13.2. The Morgan fingerprint density at radius 3 is 2.16 bits per heavy atom. The standard InChI is InChI=1S/C25H21ClFNO4/c1-16(24(30)18-7-9-19(26)10-8-18)32-25(31)22(28-21-13-11-20(27)12-14-21)15-23(29)17-5-3-2-4-6-17/h2-14,16,22,28H,15H2,1H3/t16-,22-/m0/s1. The van der Waals surface area contributed by atoms with Gasteiger partial charge in [-0.3, -0.25) is 9.59 Å². The summed E-state index contributed by atoms with van der Waals surface area (Å²) in [4.78, 5) is 38.2. The number of nitrogens with one attached hydrogen (secondary N) is 1. The van der Waals surface area contributed by atoms with E-state index >= 15 is 0 Å². The Hall–Kier alpha value is -3.51. The average Bonchev–Trinajstić information content (AvgIpc) is 2.80. The molecule has 32 heavy (non-hydrogen) atoms. The summed E-state index contributed by atoms with van der Waals surface area (Å²) in [6.45, 7) is 1.46. The fourth-order valence-corrected chi connectivity index (χ4v) is 3.15. The lowest BCUT2D eigenvalue weighted by Crippen LogP contribution is -2.37. The van der Waals surface area contributed by atoms with Gasteiger partial charge in [0.15, 0.2) is 11.9 Å². The Kier molecular flexibility index (Phi) is 7.73. The van der Waals surface area contributed by atoms with E-state index in [1.54, 1.807) is 54.6 Å². The van der Waals surface area contributed by atoms with Crippen molar-refractivity contribution >= 4 is 34.8 Å². The van der Waals surface area contributed by atoms with Gasteiger partial charge in [-0.15, -0.1) is 0 Å². The van der Waals surface area contributed by atoms with E-state index in [9.17, 15) is 18.8 Å². The topological polar surface area (TPSA) is 72.5 Å². The van der Waals surface area contributed by atoms with E-state index in [2.05, 4.69) is 5.32 Å². The second-order valence-electron chi connectivity index (χ2n) is 7.15. The average molecular weight is 454 g/mol. The second-order valence-corrected chi connectivity index (χ2v) is 7.58. The van der Waals surface area contributed by atoms with Gasteiger partial charge in [0.2, 0.25) is 5.78 Å². The molecule has 5 nitrogen and oxygen atoms in total. The molecule has 2 atom stereocenters. The van der Waals surface area contributed by atoms with E-state index in [0.717, 1.165) is 0 Å². The van der Waals surface area contributed by atoms with Crippen molar-refractivity contribution in [3.8, 4) is 0 Å². The molecule has 0 spiro atoms. The van der Waals surface area contributed by atoms with Crippen LogP contribution in [0.2, 0.25) is 5.02 Å². The number of hydrogen-bond donors (Lipinski definition) is 1. The van der Waals surface area contributed by atoms with Gasteiger partial charge in [-0.2, -0.15) is 0 Å². The molecule has 0 aliphatic carbocycles. The Labute approximate surface area is 190 Å². The zero-order valence-corrected chi connectivity index (χ0v) is 18.0. The molecule has 164 valence electrons. The third kappa shape index (κ3) is 6.25. The smallest absolute Gasteiger partial charge is 0.329 e. The molecule has 0 saturated carbocycles. The van der Waals surface area contributed by atoms with Gasteiger partial charge in [-0.05, 0) is 55.5 Å². The van der Waals surface area contributed by atoms with Crippen LogP contribution in [0.4, 0.5) is 10.1 Å². The van der Waals surface area contributed by atoms with Crippen molar-refractivity contribution in [2.75, 3.05) is 5.32 Å². The van der Waals surface area contributed by atoms with E-state index < -0.39 is 29.7 Å². The molecule has 1 N–H and O–H groups in total. The highest BCUT2D eigenvalue weighted by atomic mass is 35.5. The second kappa shape index (κ2) is 10.7. The molecule has 0 saturated heterocycles. The van der Waals surface area contributed by atoms with Gasteiger partial charge in [0.05, 0.1) is 0 Å². The first-order chi connectivity index (χ1) is 15.3. The molecular formula is C25H21ClFNO4. The number of carbonyl (C=O) groups excluding carboxylic acids is 3. The number of ketones is 2. The fourth-order valence-electron chi connectivity index (χ4n) is 3.03. The molecule has 3 rings (SSSR count). The van der Waals surface area contributed by atoms with Crippen molar-refractivity contribution < 1.29 is 23.5 Å². The molecule has 7 heteroatoms. The van der Waals surface area contributed by atoms with Crippen LogP contribution in [0.15, 0.2) is 78.9 Å². The van der Waals surface area contributed by atoms with Gasteiger partial charge in [0.1, 0.15) is 11.9 Å². The van der Waals surface area contributed by atoms with Crippen LogP contribution in [0, 0.1) is 5.82 Å². The SMILES string of the molecule is C[C@H](OC(=O)[C@H](CC(=O)c1ccccc1)Nc1ccc(F)cc1)C(=O)c1ccc(Cl)cc1. The summed E-state index contributed by atoms with van der Waals surface area (Å²) >= 11 is 5.85. The Morgan fingerprint density at radius 1 is 0.906 bits per heavy atom. The summed E-state index contributed by atoms with van der Waals surface area (Å²) < 4.78 is 18.6. The van der Waals surface area contributed by atoms with Crippen LogP contribution in [0.5, 0.6) is 0 Å². The lowest BCUT2D eigenvalue weighted by atomic mass is 10.0. The predicted molar refractivity (Wildman–Crippen MR) is 121 cm³/mol. The Morgan fingerprint density at radius 2 is 1.53 bits per heavy atom. The van der Waals surface area contributed by atoms with Crippen molar-refractivity contribution in [2.24, 2.45) is 0 Å². The lowest BCUT2D eigenvalue weighted by molar-refractivity contribution is -0.147. The van der Waals surface area contributed by atoms with Gasteiger partial charge in [-0.25, -0.2) is 9.18 Å². The predicted octanol–water partition coefficient (Wildman–Crippen LogP) is 5.35. The van der Waals surface area contributed by atoms with Crippen molar-refractivity contribution in [1.82, 2.24) is 0 Å². The normalized spacial score (nSPS) is 12.5. The quantitative estimate of drug-likeness (QED) is 0.349. The van der Waals surface area contributed by atoms with Gasteiger partial charge >= 0.3 is 5.97 Å². The zero-order valence-electron chi connectivity index (χ0n) is 17.3. The molecule has 0 aliphatic rings. The van der Waals surface area contributed by atoms with Crippen molar-refractivity contribution in [3.63, 3.8) is 0 Å². The number of esters is 1. The van der Waals surface area contributed by atoms with E-state index in [1.165, 1.54) is 31.2 Å². The minimum atomic E-state index is -1.08. The summed E-state index contributed by atoms with van der Waals surface area (Å²) in [5.74, 6) is -1.88. The number of ether oxygens (including phenoxy) is 1. The number of rotatable bonds is 9. The first kappa shape index (κ1) is 23.2. The minimum absolute atomic E-state index is 0.206. The molecule has 0 radical (unpaired) electrons. The van der Waals surface area contributed by atoms with Gasteiger partial charge in [-0.1, -0.05) is 41.9 Å². The highest BCUT2D eigenvalue weighted by Gasteiger charge is 2.28. The molecule has 0 amide bonds. The minimum Gasteiger partial charge on any atom is -0.453 e. The van der Waals surface area contributed by atoms with E-state index in [0.29, 0.717) is 21.8 Å². The van der Waals surface area contributed by atoms with Crippen LogP contribution in [-0.2, 0) is 9.53 Å². The van der Waals surface area contributed by atoms with Crippen molar-refractivity contribution in [3.05, 3.63) is 101 Å². The van der Waals surface area contributed by atoms with Crippen molar-refractivity contribution in [1.29, 1.82) is 0 Å². The third-order valence-electron chi connectivity index (χ3n) is 4.75. The maximum atomic E-state index is 13.2. The molecule has 3 aromatic carbocycles. The van der Waals surface area contributed by atoms with Gasteiger partial charge in [0, 0.05) is 28.3 Å². The number of hydrogen-bond acceptors (Lipinski definition) is 5. The Balaban J connectivity index is 1.75. The van der Waals surface area contributed by atoms with Crippen LogP contribution in [0.1, 0.15) is 34.1 Å². The van der Waals surface area contributed by atoms with Crippen LogP contribution in [0.3, 0.4) is 0 Å². The highest BCUT2D eigenvalue weighted by Crippen LogP contribution is 2.17. The van der Waals surface area contributed by atoms with Crippen LogP contribution >= 0.6 is 11.6 Å². The summed E-state index contributed by atoms with van der Waals surface area (Å²) in [5.41, 5.74) is 1.22. The van der Waals surface area contributed by atoms with Crippen LogP contribution in [-0.4, -0.2) is 29.7 Å². The number of anilines is 1. The summed E-state index contributed by atoms with van der Waals surface area (Å²) in [7, 11) is 0.